The molecule has 0 saturated heterocycles. The number of hydrogen-bond acceptors (Lipinski definition) is 2. The van der Waals surface area contributed by atoms with Gasteiger partial charge in [0.1, 0.15) is 11.6 Å². The van der Waals surface area contributed by atoms with E-state index in [1.165, 1.54) is 24.5 Å². The summed E-state index contributed by atoms with van der Waals surface area (Å²) < 4.78 is 2.35. The Kier molecular flexibility index (Phi) is 2.10. The third kappa shape index (κ3) is 1.26. The van der Waals surface area contributed by atoms with Gasteiger partial charge >= 0.3 is 0 Å². The molecule has 72 valence electrons. The van der Waals surface area contributed by atoms with Crippen LogP contribution in [-0.4, -0.2) is 14.8 Å². The van der Waals surface area contributed by atoms with E-state index in [9.17, 15) is 0 Å². The number of hydrogen-bond donors (Lipinski definition) is 0. The second-order valence-electron chi connectivity index (χ2n) is 4.10. The predicted octanol–water partition coefficient (Wildman–Crippen LogP) is 2.30. The highest BCUT2D eigenvalue weighted by Gasteiger charge is 2.26. The van der Waals surface area contributed by atoms with E-state index < -0.39 is 0 Å². The normalized spacial score (nSPS) is 21.1. The number of nitrogens with zero attached hydrogens (tertiary/aromatic N) is 3. The van der Waals surface area contributed by atoms with Gasteiger partial charge in [0.2, 0.25) is 0 Å². The van der Waals surface area contributed by atoms with Gasteiger partial charge in [-0.3, -0.25) is 0 Å². The zero-order valence-electron chi connectivity index (χ0n) is 8.62. The monoisotopic (exact) mass is 179 g/mol. The van der Waals surface area contributed by atoms with Gasteiger partial charge in [-0.1, -0.05) is 20.8 Å². The fourth-order valence-corrected chi connectivity index (χ4v) is 2.11. The molecule has 1 unspecified atom stereocenters. The van der Waals surface area contributed by atoms with Crippen molar-refractivity contribution in [3.63, 3.8) is 0 Å². The molecular weight excluding hydrogens is 162 g/mol. The summed E-state index contributed by atoms with van der Waals surface area (Å²) in [4.78, 5) is 0. The summed E-state index contributed by atoms with van der Waals surface area (Å²) >= 11 is 0. The Morgan fingerprint density at radius 2 is 2.23 bits per heavy atom. The molecule has 0 saturated carbocycles. The van der Waals surface area contributed by atoms with E-state index in [2.05, 4.69) is 35.5 Å². The first-order chi connectivity index (χ1) is 6.24. The summed E-state index contributed by atoms with van der Waals surface area (Å²) in [5, 5.41) is 8.48. The van der Waals surface area contributed by atoms with Gasteiger partial charge in [-0.05, 0) is 12.8 Å². The van der Waals surface area contributed by atoms with Crippen LogP contribution in [0.1, 0.15) is 57.2 Å². The lowest BCUT2D eigenvalue weighted by Gasteiger charge is -2.14. The number of aromatic nitrogens is 3. The molecule has 0 spiro atoms. The Bertz CT molecular complexity index is 301. The van der Waals surface area contributed by atoms with Gasteiger partial charge in [0.05, 0.1) is 0 Å². The van der Waals surface area contributed by atoms with Crippen molar-refractivity contribution in [1.29, 1.82) is 0 Å². The highest BCUT2D eigenvalue weighted by molar-refractivity contribution is 5.07. The second-order valence-corrected chi connectivity index (χ2v) is 4.10. The van der Waals surface area contributed by atoms with Crippen LogP contribution < -0.4 is 0 Å². The number of fused-ring (bicyclic) bond motifs is 1. The summed E-state index contributed by atoms with van der Waals surface area (Å²) in [6, 6.07) is 0.655. The Balaban J connectivity index is 2.40. The summed E-state index contributed by atoms with van der Waals surface area (Å²) in [6.45, 7) is 6.61. The zero-order chi connectivity index (χ0) is 9.42. The highest BCUT2D eigenvalue weighted by atomic mass is 15.3. The van der Waals surface area contributed by atoms with Crippen LogP contribution in [-0.2, 0) is 6.42 Å². The van der Waals surface area contributed by atoms with Crippen LogP contribution in [0.15, 0.2) is 0 Å². The molecule has 1 aliphatic heterocycles. The topological polar surface area (TPSA) is 30.7 Å². The molecule has 1 aromatic rings. The average molecular weight is 179 g/mol. The Labute approximate surface area is 79.2 Å². The molecule has 1 aliphatic rings. The SMILES string of the molecule is CCC1CCc2nnc(C(C)C)n21. The Morgan fingerprint density at radius 1 is 1.46 bits per heavy atom. The lowest BCUT2D eigenvalue weighted by Crippen LogP contribution is -2.08. The maximum absolute atomic E-state index is 4.25. The summed E-state index contributed by atoms with van der Waals surface area (Å²) in [5.74, 6) is 2.85. The molecule has 1 aromatic heterocycles. The van der Waals surface area contributed by atoms with Crippen LogP contribution in [0.4, 0.5) is 0 Å². The first-order valence-corrected chi connectivity index (χ1v) is 5.17. The van der Waals surface area contributed by atoms with E-state index in [1.807, 2.05) is 0 Å². The maximum atomic E-state index is 4.25. The minimum atomic E-state index is 0.494. The van der Waals surface area contributed by atoms with Crippen molar-refractivity contribution in [2.24, 2.45) is 0 Å². The molecule has 0 aromatic carbocycles. The van der Waals surface area contributed by atoms with Crippen LogP contribution in [0.25, 0.3) is 0 Å². The van der Waals surface area contributed by atoms with Gasteiger partial charge in [0.25, 0.3) is 0 Å². The van der Waals surface area contributed by atoms with Gasteiger partial charge < -0.3 is 4.57 Å². The standard InChI is InChI=1S/C10H17N3/c1-4-8-5-6-9-11-12-10(7(2)3)13(8)9/h7-8H,4-6H2,1-3H3. The van der Waals surface area contributed by atoms with Gasteiger partial charge in [0, 0.05) is 18.4 Å². The number of aryl methyl sites for hydroxylation is 1. The Morgan fingerprint density at radius 3 is 2.85 bits per heavy atom. The third-order valence-electron chi connectivity index (χ3n) is 2.85. The molecule has 0 amide bonds. The first kappa shape index (κ1) is 8.73. The first-order valence-electron chi connectivity index (χ1n) is 5.17. The van der Waals surface area contributed by atoms with E-state index in [0.29, 0.717) is 12.0 Å². The van der Waals surface area contributed by atoms with Crippen molar-refractivity contribution in [2.45, 2.75) is 52.0 Å². The molecule has 0 radical (unpaired) electrons. The van der Waals surface area contributed by atoms with Gasteiger partial charge in [0.15, 0.2) is 0 Å². The zero-order valence-corrected chi connectivity index (χ0v) is 8.62. The molecule has 0 bridgehead atoms. The lowest BCUT2D eigenvalue weighted by molar-refractivity contribution is 0.482. The van der Waals surface area contributed by atoms with Crippen molar-refractivity contribution >= 4 is 0 Å². The summed E-state index contributed by atoms with van der Waals surface area (Å²) in [6.07, 6.45) is 3.56. The molecule has 0 fully saturated rings. The van der Waals surface area contributed by atoms with Crippen molar-refractivity contribution in [2.75, 3.05) is 0 Å². The minimum Gasteiger partial charge on any atom is -0.312 e. The van der Waals surface area contributed by atoms with E-state index in [4.69, 9.17) is 0 Å². The average Bonchev–Trinajstić information content (AvgIpc) is 2.61. The van der Waals surface area contributed by atoms with E-state index in [-0.39, 0.29) is 0 Å². The molecule has 3 heteroatoms. The largest absolute Gasteiger partial charge is 0.312 e. The highest BCUT2D eigenvalue weighted by Crippen LogP contribution is 2.30. The molecule has 0 N–H and O–H groups in total. The van der Waals surface area contributed by atoms with E-state index >= 15 is 0 Å². The van der Waals surface area contributed by atoms with Crippen LogP contribution in [0, 0.1) is 0 Å². The molecular formula is C10H17N3. The molecule has 1 atom stereocenters. The van der Waals surface area contributed by atoms with Crippen LogP contribution in [0.5, 0.6) is 0 Å². The minimum absolute atomic E-state index is 0.494. The smallest absolute Gasteiger partial charge is 0.135 e. The van der Waals surface area contributed by atoms with Gasteiger partial charge in [-0.25, -0.2) is 0 Å². The van der Waals surface area contributed by atoms with E-state index in [1.54, 1.807) is 0 Å². The van der Waals surface area contributed by atoms with Crippen molar-refractivity contribution in [3.05, 3.63) is 11.6 Å². The third-order valence-corrected chi connectivity index (χ3v) is 2.85. The number of rotatable bonds is 2. The van der Waals surface area contributed by atoms with Crippen molar-refractivity contribution < 1.29 is 0 Å². The van der Waals surface area contributed by atoms with E-state index in [0.717, 1.165) is 6.42 Å². The van der Waals surface area contributed by atoms with Gasteiger partial charge in [-0.15, -0.1) is 10.2 Å². The van der Waals surface area contributed by atoms with Crippen LogP contribution >= 0.6 is 0 Å². The molecule has 13 heavy (non-hydrogen) atoms. The fraction of sp³-hybridized carbons (Fsp3) is 0.800. The Hall–Kier alpha value is -0.860. The molecule has 0 aliphatic carbocycles. The van der Waals surface area contributed by atoms with Crippen molar-refractivity contribution in [3.8, 4) is 0 Å². The summed E-state index contributed by atoms with van der Waals surface area (Å²) in [5.41, 5.74) is 0. The maximum Gasteiger partial charge on any atom is 0.135 e. The predicted molar refractivity (Wildman–Crippen MR) is 51.8 cm³/mol. The molecule has 2 heterocycles. The summed E-state index contributed by atoms with van der Waals surface area (Å²) in [7, 11) is 0. The molecule has 3 nitrogen and oxygen atoms in total. The second kappa shape index (κ2) is 3.13. The fourth-order valence-electron chi connectivity index (χ4n) is 2.11. The van der Waals surface area contributed by atoms with Crippen LogP contribution in [0.2, 0.25) is 0 Å². The lowest BCUT2D eigenvalue weighted by atomic mass is 10.1. The van der Waals surface area contributed by atoms with Crippen LogP contribution in [0.3, 0.4) is 0 Å². The quantitative estimate of drug-likeness (QED) is 0.697. The van der Waals surface area contributed by atoms with Gasteiger partial charge in [-0.2, -0.15) is 0 Å². The molecule has 2 rings (SSSR count). The van der Waals surface area contributed by atoms with Crippen molar-refractivity contribution in [1.82, 2.24) is 14.8 Å².